The molecular weight excluding hydrogens is 489 g/mol. The van der Waals surface area contributed by atoms with E-state index in [-0.39, 0.29) is 40.6 Å². The summed E-state index contributed by atoms with van der Waals surface area (Å²) in [5, 5.41) is 9.03. The number of carbonyl (C=O) groups is 1. The Labute approximate surface area is 189 Å². The number of aromatic nitrogens is 1. The van der Waals surface area contributed by atoms with E-state index in [1.54, 1.807) is 0 Å². The van der Waals surface area contributed by atoms with Gasteiger partial charge in [-0.1, -0.05) is 46.6 Å². The van der Waals surface area contributed by atoms with Crippen LogP contribution in [0.3, 0.4) is 0 Å². The van der Waals surface area contributed by atoms with Crippen molar-refractivity contribution in [3.63, 3.8) is 0 Å². The van der Waals surface area contributed by atoms with Crippen molar-refractivity contribution in [2.75, 3.05) is 13.7 Å². The van der Waals surface area contributed by atoms with Crippen molar-refractivity contribution < 1.29 is 36.9 Å². The van der Waals surface area contributed by atoms with Crippen molar-refractivity contribution in [3.05, 3.63) is 40.4 Å². The molecule has 0 bridgehead atoms. The second kappa shape index (κ2) is 10.5. The first-order chi connectivity index (χ1) is 14.5. The van der Waals surface area contributed by atoms with Crippen LogP contribution >= 0.6 is 34.8 Å². The van der Waals surface area contributed by atoms with Crippen LogP contribution in [-0.4, -0.2) is 35.9 Å². The Morgan fingerprint density at radius 2 is 1.90 bits per heavy atom. The molecule has 31 heavy (non-hydrogen) atoms. The van der Waals surface area contributed by atoms with Gasteiger partial charge in [-0.05, 0) is 18.2 Å². The van der Waals surface area contributed by atoms with Crippen molar-refractivity contribution in [3.8, 4) is 28.7 Å². The number of methoxy groups -OCH3 is 1. The number of alkyl halides is 5. The van der Waals surface area contributed by atoms with Crippen LogP contribution in [0.1, 0.15) is 22.6 Å². The smallest absolute Gasteiger partial charge is 0.431 e. The van der Waals surface area contributed by atoms with E-state index < -0.39 is 34.6 Å². The molecule has 12 heteroatoms. The van der Waals surface area contributed by atoms with Gasteiger partial charge in [0.1, 0.15) is 28.7 Å². The van der Waals surface area contributed by atoms with Crippen molar-refractivity contribution in [2.45, 2.75) is 23.5 Å². The number of aliphatic carboxylic acids is 1. The Bertz CT molecular complexity index is 1010. The number of halogens is 7. The average molecular weight is 503 g/mol. The van der Waals surface area contributed by atoms with Crippen LogP contribution in [-0.2, 0) is 15.7 Å². The van der Waals surface area contributed by atoms with E-state index in [9.17, 15) is 27.5 Å². The van der Waals surface area contributed by atoms with Crippen molar-refractivity contribution in [1.29, 1.82) is 0 Å². The monoisotopic (exact) mass is 501 g/mol. The molecule has 5 nitrogen and oxygen atoms in total. The van der Waals surface area contributed by atoms with E-state index in [0.29, 0.717) is 6.07 Å². The quantitative estimate of drug-likeness (QED) is 0.283. The summed E-state index contributed by atoms with van der Waals surface area (Å²) in [4.78, 5) is 12.0. The molecule has 0 fully saturated rings. The van der Waals surface area contributed by atoms with Gasteiger partial charge in [0.25, 0.3) is 0 Å². The number of benzene rings is 1. The van der Waals surface area contributed by atoms with Crippen LogP contribution in [0.4, 0.5) is 17.6 Å². The predicted octanol–water partition coefficient (Wildman–Crippen LogP) is 5.84. The molecule has 0 aliphatic heterocycles. The molecule has 1 atom stereocenters. The molecule has 1 aromatic heterocycles. The third kappa shape index (κ3) is 6.43. The largest absolute Gasteiger partial charge is 0.478 e. The predicted molar refractivity (Wildman–Crippen MR) is 107 cm³/mol. The summed E-state index contributed by atoms with van der Waals surface area (Å²) in [6.07, 6.45) is -6.50. The molecule has 0 radical (unpaired) electrons. The molecule has 0 saturated heterocycles. The fourth-order valence-electron chi connectivity index (χ4n) is 2.46. The van der Waals surface area contributed by atoms with Gasteiger partial charge in [-0.3, -0.25) is 0 Å². The van der Waals surface area contributed by atoms with Gasteiger partial charge >= 0.3 is 12.1 Å². The van der Waals surface area contributed by atoms with Crippen LogP contribution in [0.15, 0.2) is 18.2 Å². The minimum atomic E-state index is -4.77. The van der Waals surface area contributed by atoms with Gasteiger partial charge in [-0.25, -0.2) is 9.18 Å². The van der Waals surface area contributed by atoms with Gasteiger partial charge in [0, 0.05) is 18.2 Å². The van der Waals surface area contributed by atoms with E-state index in [1.165, 1.54) is 7.11 Å². The van der Waals surface area contributed by atoms with E-state index in [2.05, 4.69) is 11.8 Å². The third-order valence-electron chi connectivity index (χ3n) is 3.86. The Hall–Kier alpha value is -2.12. The molecule has 2 rings (SSSR count). The summed E-state index contributed by atoms with van der Waals surface area (Å²) in [6, 6.07) is 2.39. The number of carboxylic acids is 1. The molecule has 2 N–H and O–H groups in total. The van der Waals surface area contributed by atoms with Crippen LogP contribution < -0.4 is 4.74 Å². The number of hydrogen-bond acceptors (Lipinski definition) is 3. The molecular formula is C19H14Cl3F4NO4. The Kier molecular flexibility index (Phi) is 8.49. The molecule has 1 aromatic carbocycles. The minimum Gasteiger partial charge on any atom is -0.478 e. The summed E-state index contributed by atoms with van der Waals surface area (Å²) in [5.41, 5.74) is -2.16. The molecule has 1 unspecified atom stereocenters. The number of aromatic amines is 1. The van der Waals surface area contributed by atoms with Gasteiger partial charge in [0.05, 0.1) is 17.1 Å². The zero-order chi connectivity index (χ0) is 23.3. The number of ether oxygens (including phenoxy) is 2. The summed E-state index contributed by atoms with van der Waals surface area (Å²) in [7, 11) is 1.41. The highest BCUT2D eigenvalue weighted by atomic mass is 35.5. The average Bonchev–Trinajstić information content (AvgIpc) is 3.11. The van der Waals surface area contributed by atoms with E-state index in [1.807, 2.05) is 4.98 Å². The van der Waals surface area contributed by atoms with Crippen LogP contribution in [0.2, 0.25) is 5.02 Å². The molecule has 0 amide bonds. The lowest BCUT2D eigenvalue weighted by molar-refractivity contribution is -0.144. The molecule has 0 spiro atoms. The second-order valence-corrected chi connectivity index (χ2v) is 7.51. The SMILES string of the molecule is COCC#CCC(Oc1cc(-c2cc(C(F)(F)F)[nH]c2C(Cl)Cl)c(F)cc1Cl)C(=O)O. The van der Waals surface area contributed by atoms with Gasteiger partial charge in [-0.15, -0.1) is 0 Å². The first-order valence-electron chi connectivity index (χ1n) is 8.37. The standard InChI is InChI=1S/C19H14Cl3F4NO4/c1-30-5-3-2-4-13(18(28)29)31-14-6-9(12(23)8-11(14)20)10-7-15(19(24,25)26)27-16(10)17(21)22/h6-8,13,17,27H,4-5H2,1H3,(H,28,29). The third-order valence-corrected chi connectivity index (χ3v) is 4.59. The number of nitrogens with one attached hydrogen (secondary N) is 1. The summed E-state index contributed by atoms with van der Waals surface area (Å²) in [6.45, 7) is 0.0730. The lowest BCUT2D eigenvalue weighted by Gasteiger charge is -2.16. The van der Waals surface area contributed by atoms with Gasteiger partial charge in [0.2, 0.25) is 6.10 Å². The molecule has 0 saturated carbocycles. The summed E-state index contributed by atoms with van der Waals surface area (Å²) < 4.78 is 63.9. The van der Waals surface area contributed by atoms with Crippen molar-refractivity contribution in [2.24, 2.45) is 0 Å². The van der Waals surface area contributed by atoms with Crippen LogP contribution in [0.5, 0.6) is 5.75 Å². The zero-order valence-corrected chi connectivity index (χ0v) is 17.9. The van der Waals surface area contributed by atoms with Gasteiger partial charge in [0.15, 0.2) is 0 Å². The number of hydrogen-bond donors (Lipinski definition) is 2. The summed E-state index contributed by atoms with van der Waals surface area (Å²) in [5.74, 6) is 2.45. The van der Waals surface area contributed by atoms with E-state index in [4.69, 9.17) is 44.3 Å². The fraction of sp³-hybridized carbons (Fsp3) is 0.316. The van der Waals surface area contributed by atoms with E-state index in [0.717, 1.165) is 12.1 Å². The summed E-state index contributed by atoms with van der Waals surface area (Å²) >= 11 is 17.4. The number of carboxylic acid groups (broad SMARTS) is 1. The molecule has 2 aromatic rings. The highest BCUT2D eigenvalue weighted by Crippen LogP contribution is 2.42. The lowest BCUT2D eigenvalue weighted by atomic mass is 10.0. The van der Waals surface area contributed by atoms with E-state index >= 15 is 0 Å². The first-order valence-corrected chi connectivity index (χ1v) is 9.62. The van der Waals surface area contributed by atoms with Gasteiger partial charge in [-0.2, -0.15) is 13.2 Å². The maximum Gasteiger partial charge on any atom is 0.431 e. The maximum absolute atomic E-state index is 14.6. The molecule has 168 valence electrons. The first kappa shape index (κ1) is 25.1. The molecule has 1 heterocycles. The van der Waals surface area contributed by atoms with Gasteiger partial charge < -0.3 is 19.6 Å². The highest BCUT2D eigenvalue weighted by molar-refractivity contribution is 6.44. The van der Waals surface area contributed by atoms with Crippen LogP contribution in [0, 0.1) is 17.7 Å². The second-order valence-electron chi connectivity index (χ2n) is 6.01. The van der Waals surface area contributed by atoms with Crippen molar-refractivity contribution >= 4 is 40.8 Å². The Morgan fingerprint density at radius 3 is 2.45 bits per heavy atom. The lowest BCUT2D eigenvalue weighted by Crippen LogP contribution is -2.26. The number of rotatable bonds is 7. The zero-order valence-electron chi connectivity index (χ0n) is 15.6. The van der Waals surface area contributed by atoms with Crippen LogP contribution in [0.25, 0.3) is 11.1 Å². The topological polar surface area (TPSA) is 71.5 Å². The highest BCUT2D eigenvalue weighted by Gasteiger charge is 2.35. The minimum absolute atomic E-state index is 0.0730. The fourth-order valence-corrected chi connectivity index (χ4v) is 3.00. The maximum atomic E-state index is 14.6. The Balaban J connectivity index is 2.49. The Morgan fingerprint density at radius 1 is 1.23 bits per heavy atom. The van der Waals surface area contributed by atoms with Crippen molar-refractivity contribution in [1.82, 2.24) is 4.98 Å². The molecule has 0 aliphatic carbocycles. The normalized spacial score (nSPS) is 12.4. The molecule has 0 aliphatic rings. The number of H-pyrrole nitrogens is 1.